The molecule has 1 aromatic heterocycles. The third-order valence-electron chi connectivity index (χ3n) is 7.16. The summed E-state index contributed by atoms with van der Waals surface area (Å²) >= 11 is 0. The zero-order chi connectivity index (χ0) is 26.8. The van der Waals surface area contributed by atoms with Crippen molar-refractivity contribution in [3.8, 4) is 0 Å². The SMILES string of the molecule is Cc1cc([C@@H](C)OC[C@@]2(c3ccccc3)CC[C@](C(=O)CO)(n3cn[nH]c3=O)CN2)cc(C(F)(F)F)c1. The standard InChI is InChI=1S/C26H29F3N4O4/c1-17-10-19(12-21(11-17)26(27,28)29)18(2)37-15-24(20-6-4-3-5-7-20)8-9-25(14-30-24,22(35)13-34)33-16-31-32-23(33)36/h3-7,10-12,16,18,30,34H,8-9,13-15H2,1-2H3,(H,32,36)/t18-,24-,25+/m1/s1. The van der Waals surface area contributed by atoms with Gasteiger partial charge in [0.25, 0.3) is 0 Å². The third-order valence-corrected chi connectivity index (χ3v) is 7.16. The van der Waals surface area contributed by atoms with Crippen molar-refractivity contribution in [2.75, 3.05) is 19.8 Å². The summed E-state index contributed by atoms with van der Waals surface area (Å²) in [6.45, 7) is 2.66. The number of piperidine rings is 1. The summed E-state index contributed by atoms with van der Waals surface area (Å²) in [6, 6.07) is 13.2. The number of aromatic nitrogens is 3. The Labute approximate surface area is 211 Å². The van der Waals surface area contributed by atoms with Crippen LogP contribution in [0.2, 0.25) is 0 Å². The van der Waals surface area contributed by atoms with E-state index < -0.39 is 47.0 Å². The zero-order valence-electron chi connectivity index (χ0n) is 20.5. The second-order valence-electron chi connectivity index (χ2n) is 9.53. The highest BCUT2D eigenvalue weighted by Crippen LogP contribution is 2.39. The molecule has 3 atom stereocenters. The van der Waals surface area contributed by atoms with Crippen LogP contribution in [0.25, 0.3) is 0 Å². The second kappa shape index (κ2) is 10.2. The van der Waals surface area contributed by atoms with Crippen molar-refractivity contribution in [2.24, 2.45) is 0 Å². The molecule has 0 saturated carbocycles. The Hall–Kier alpha value is -3.28. The first kappa shape index (κ1) is 26.8. The van der Waals surface area contributed by atoms with Crippen LogP contribution in [0.1, 0.15) is 48.1 Å². The Morgan fingerprint density at radius 3 is 2.51 bits per heavy atom. The van der Waals surface area contributed by atoms with Gasteiger partial charge in [-0.1, -0.05) is 42.0 Å². The van der Waals surface area contributed by atoms with E-state index in [4.69, 9.17) is 4.74 Å². The smallest absolute Gasteiger partial charge is 0.388 e. The molecule has 2 aromatic carbocycles. The van der Waals surface area contributed by atoms with Crippen LogP contribution in [0.15, 0.2) is 59.7 Å². The van der Waals surface area contributed by atoms with Crippen molar-refractivity contribution < 1.29 is 27.8 Å². The quantitative estimate of drug-likeness (QED) is 0.423. The summed E-state index contributed by atoms with van der Waals surface area (Å²) in [5, 5.41) is 19.1. The number of alkyl halides is 3. The molecule has 37 heavy (non-hydrogen) atoms. The normalized spacial score (nSPS) is 23.1. The fourth-order valence-electron chi connectivity index (χ4n) is 4.98. The molecular weight excluding hydrogens is 489 g/mol. The van der Waals surface area contributed by atoms with Crippen molar-refractivity contribution in [1.29, 1.82) is 0 Å². The van der Waals surface area contributed by atoms with Crippen molar-refractivity contribution in [3.05, 3.63) is 87.6 Å². The lowest BCUT2D eigenvalue weighted by atomic mass is 9.74. The number of benzene rings is 2. The Morgan fingerprint density at radius 2 is 1.95 bits per heavy atom. The van der Waals surface area contributed by atoms with Crippen LogP contribution < -0.4 is 11.0 Å². The molecule has 1 fully saturated rings. The Balaban J connectivity index is 1.62. The Kier molecular flexibility index (Phi) is 7.40. The number of aryl methyl sites for hydroxylation is 1. The number of H-pyrrole nitrogens is 1. The Morgan fingerprint density at radius 1 is 1.22 bits per heavy atom. The number of hydrogen-bond acceptors (Lipinski definition) is 6. The van der Waals surface area contributed by atoms with Gasteiger partial charge in [-0.3, -0.25) is 9.36 Å². The van der Waals surface area contributed by atoms with Gasteiger partial charge in [-0.05, 0) is 49.9 Å². The molecule has 8 nitrogen and oxygen atoms in total. The number of ether oxygens (including phenoxy) is 1. The maximum Gasteiger partial charge on any atom is 0.416 e. The molecule has 1 saturated heterocycles. The van der Waals surface area contributed by atoms with Gasteiger partial charge in [0.15, 0.2) is 5.78 Å². The molecule has 0 spiro atoms. The van der Waals surface area contributed by atoms with E-state index in [1.807, 2.05) is 30.3 Å². The average Bonchev–Trinajstić information content (AvgIpc) is 3.33. The topological polar surface area (TPSA) is 109 Å². The number of halogens is 3. The molecule has 11 heteroatoms. The molecule has 0 aliphatic carbocycles. The average molecular weight is 519 g/mol. The monoisotopic (exact) mass is 518 g/mol. The van der Waals surface area contributed by atoms with E-state index in [9.17, 15) is 27.9 Å². The molecule has 0 unspecified atom stereocenters. The number of aliphatic hydroxyl groups excluding tert-OH is 1. The van der Waals surface area contributed by atoms with Crippen LogP contribution >= 0.6 is 0 Å². The molecule has 1 aliphatic rings. The van der Waals surface area contributed by atoms with Gasteiger partial charge in [0.05, 0.1) is 23.8 Å². The summed E-state index contributed by atoms with van der Waals surface area (Å²) in [5.74, 6) is -0.529. The first-order valence-electron chi connectivity index (χ1n) is 11.9. The number of nitrogens with one attached hydrogen (secondary N) is 2. The van der Waals surface area contributed by atoms with E-state index in [2.05, 4.69) is 15.5 Å². The van der Waals surface area contributed by atoms with Crippen LogP contribution in [-0.2, 0) is 26.8 Å². The molecule has 3 aromatic rings. The molecule has 3 N–H and O–H groups in total. The van der Waals surface area contributed by atoms with E-state index in [0.717, 1.165) is 17.7 Å². The van der Waals surface area contributed by atoms with Crippen LogP contribution in [0.5, 0.6) is 0 Å². The molecular formula is C26H29F3N4O4. The third kappa shape index (κ3) is 5.25. The number of Topliss-reactive ketones (excluding diaryl/α,β-unsaturated/α-hetero) is 1. The number of nitrogens with zero attached hydrogens (tertiary/aromatic N) is 2. The minimum Gasteiger partial charge on any atom is -0.388 e. The summed E-state index contributed by atoms with van der Waals surface area (Å²) < 4.78 is 47.4. The number of ketones is 1. The number of carbonyl (C=O) groups excluding carboxylic acids is 1. The largest absolute Gasteiger partial charge is 0.416 e. The van der Waals surface area contributed by atoms with Crippen LogP contribution in [0.4, 0.5) is 13.2 Å². The van der Waals surface area contributed by atoms with Gasteiger partial charge in [0.1, 0.15) is 18.5 Å². The number of carbonyl (C=O) groups is 1. The molecule has 4 rings (SSSR count). The lowest BCUT2D eigenvalue weighted by molar-refractivity contribution is -0.138. The van der Waals surface area contributed by atoms with Crippen LogP contribution in [0.3, 0.4) is 0 Å². The molecule has 0 bridgehead atoms. The predicted octanol–water partition coefficient (Wildman–Crippen LogP) is 3.21. The van der Waals surface area contributed by atoms with Crippen molar-refractivity contribution in [1.82, 2.24) is 20.1 Å². The van der Waals surface area contributed by atoms with E-state index >= 15 is 0 Å². The van der Waals surface area contributed by atoms with E-state index in [1.165, 1.54) is 10.9 Å². The first-order valence-corrected chi connectivity index (χ1v) is 11.9. The van der Waals surface area contributed by atoms with Gasteiger partial charge in [0.2, 0.25) is 0 Å². The fourth-order valence-corrected chi connectivity index (χ4v) is 4.98. The number of hydrogen-bond donors (Lipinski definition) is 3. The van der Waals surface area contributed by atoms with Gasteiger partial charge in [0, 0.05) is 6.54 Å². The maximum absolute atomic E-state index is 13.4. The highest BCUT2D eigenvalue weighted by atomic mass is 19.4. The van der Waals surface area contributed by atoms with E-state index in [-0.39, 0.29) is 19.6 Å². The maximum atomic E-state index is 13.4. The van der Waals surface area contributed by atoms with Gasteiger partial charge in [-0.15, -0.1) is 0 Å². The number of aliphatic hydroxyl groups is 1. The second-order valence-corrected chi connectivity index (χ2v) is 9.53. The Bertz CT molecular complexity index is 1290. The summed E-state index contributed by atoms with van der Waals surface area (Å²) in [6.07, 6.45) is -3.33. The highest BCUT2D eigenvalue weighted by molar-refractivity contribution is 5.88. The van der Waals surface area contributed by atoms with Gasteiger partial charge >= 0.3 is 11.9 Å². The molecule has 0 radical (unpaired) electrons. The van der Waals surface area contributed by atoms with E-state index in [1.54, 1.807) is 19.9 Å². The minimum absolute atomic E-state index is 0.0150. The van der Waals surface area contributed by atoms with Crippen molar-refractivity contribution in [2.45, 2.75) is 50.0 Å². The zero-order valence-corrected chi connectivity index (χ0v) is 20.5. The number of rotatable bonds is 8. The van der Waals surface area contributed by atoms with Gasteiger partial charge < -0.3 is 15.2 Å². The minimum atomic E-state index is -4.47. The van der Waals surface area contributed by atoms with Crippen molar-refractivity contribution >= 4 is 5.78 Å². The molecule has 198 valence electrons. The van der Waals surface area contributed by atoms with Gasteiger partial charge in [-0.25, -0.2) is 9.89 Å². The summed E-state index contributed by atoms with van der Waals surface area (Å²) in [7, 11) is 0. The predicted molar refractivity (Wildman–Crippen MR) is 129 cm³/mol. The van der Waals surface area contributed by atoms with Gasteiger partial charge in [-0.2, -0.15) is 18.3 Å². The summed E-state index contributed by atoms with van der Waals surface area (Å²) in [5.41, 5.74) is -1.69. The first-order chi connectivity index (χ1) is 17.5. The van der Waals surface area contributed by atoms with Crippen LogP contribution in [0, 0.1) is 6.92 Å². The number of aromatic amines is 1. The molecule has 2 heterocycles. The summed E-state index contributed by atoms with van der Waals surface area (Å²) in [4.78, 5) is 25.2. The lowest BCUT2D eigenvalue weighted by Crippen LogP contribution is -2.63. The van der Waals surface area contributed by atoms with Crippen LogP contribution in [-0.4, -0.2) is 45.4 Å². The van der Waals surface area contributed by atoms with E-state index in [0.29, 0.717) is 17.5 Å². The highest BCUT2D eigenvalue weighted by Gasteiger charge is 2.49. The fraction of sp³-hybridized carbons (Fsp3) is 0.423. The lowest BCUT2D eigenvalue weighted by Gasteiger charge is -2.47. The molecule has 1 aliphatic heterocycles. The molecule has 0 amide bonds. The van der Waals surface area contributed by atoms with Crippen molar-refractivity contribution in [3.63, 3.8) is 0 Å².